The molecule has 0 spiro atoms. The topological polar surface area (TPSA) is 61.4 Å². The fourth-order valence-corrected chi connectivity index (χ4v) is 3.22. The van der Waals surface area contributed by atoms with Gasteiger partial charge >= 0.3 is 0 Å². The first-order chi connectivity index (χ1) is 12.5. The van der Waals surface area contributed by atoms with E-state index in [-0.39, 0.29) is 12.2 Å². The van der Waals surface area contributed by atoms with Gasteiger partial charge in [-0.2, -0.15) is 0 Å². The van der Waals surface area contributed by atoms with Crippen LogP contribution in [0.1, 0.15) is 11.4 Å². The van der Waals surface area contributed by atoms with Gasteiger partial charge in [0, 0.05) is 18.1 Å². The molecule has 6 nitrogen and oxygen atoms in total. The van der Waals surface area contributed by atoms with Crippen LogP contribution in [0.15, 0.2) is 41.2 Å². The number of hydrogen-bond donors (Lipinski definition) is 0. The fourth-order valence-electron chi connectivity index (χ4n) is 2.88. The molecule has 8 heteroatoms. The van der Waals surface area contributed by atoms with Gasteiger partial charge in [0.1, 0.15) is 12.4 Å². The molecule has 2 aromatic heterocycles. The highest BCUT2D eigenvalue weighted by Gasteiger charge is 2.15. The summed E-state index contributed by atoms with van der Waals surface area (Å²) in [5.74, 6) is 1.46. The van der Waals surface area contributed by atoms with E-state index in [1.165, 1.54) is 4.57 Å². The van der Waals surface area contributed by atoms with Crippen molar-refractivity contribution >= 4 is 39.9 Å². The zero-order valence-electron chi connectivity index (χ0n) is 14.0. The minimum Gasteiger partial charge on any atom is -0.484 e. The van der Waals surface area contributed by atoms with Crippen molar-refractivity contribution < 1.29 is 4.74 Å². The second-order valence-electron chi connectivity index (χ2n) is 6.00. The third-order valence-electron chi connectivity index (χ3n) is 4.19. The molecule has 0 atom stereocenters. The van der Waals surface area contributed by atoms with Crippen molar-refractivity contribution in [2.75, 3.05) is 0 Å². The molecule has 0 aliphatic carbocycles. The second kappa shape index (κ2) is 6.30. The van der Waals surface area contributed by atoms with Crippen LogP contribution in [-0.2, 0) is 13.7 Å². The third-order valence-corrected chi connectivity index (χ3v) is 4.74. The van der Waals surface area contributed by atoms with Crippen molar-refractivity contribution in [2.24, 2.45) is 7.05 Å². The van der Waals surface area contributed by atoms with Crippen LogP contribution in [0, 0.1) is 6.92 Å². The van der Waals surface area contributed by atoms with Crippen LogP contribution < -0.4 is 10.3 Å². The van der Waals surface area contributed by atoms with Gasteiger partial charge in [-0.3, -0.25) is 13.8 Å². The molecule has 2 heterocycles. The monoisotopic (exact) mass is 388 g/mol. The van der Waals surface area contributed by atoms with Crippen molar-refractivity contribution in [3.8, 4) is 5.75 Å². The summed E-state index contributed by atoms with van der Waals surface area (Å²) in [4.78, 5) is 12.6. The minimum atomic E-state index is -0.117. The summed E-state index contributed by atoms with van der Waals surface area (Å²) in [5, 5.41) is 9.91. The van der Waals surface area contributed by atoms with Gasteiger partial charge in [0.25, 0.3) is 5.56 Å². The van der Waals surface area contributed by atoms with Crippen LogP contribution >= 0.6 is 23.2 Å². The summed E-state index contributed by atoms with van der Waals surface area (Å²) in [6.45, 7) is 2.07. The first-order valence-electron chi connectivity index (χ1n) is 7.87. The second-order valence-corrected chi connectivity index (χ2v) is 6.84. The SMILES string of the molecule is Cc1ccc2c(c1)c(=O)n(C)c1nnc(COc3cc(Cl)ccc3Cl)n21. The maximum Gasteiger partial charge on any atom is 0.262 e. The zero-order chi connectivity index (χ0) is 18.4. The number of hydrogen-bond acceptors (Lipinski definition) is 4. The molecule has 0 unspecified atom stereocenters. The number of nitrogens with zero attached hydrogens (tertiary/aromatic N) is 4. The quantitative estimate of drug-likeness (QED) is 0.535. The Bertz CT molecular complexity index is 1210. The van der Waals surface area contributed by atoms with Crippen LogP contribution in [-0.4, -0.2) is 19.2 Å². The molecule has 0 radical (unpaired) electrons. The summed E-state index contributed by atoms with van der Waals surface area (Å²) in [6, 6.07) is 10.7. The summed E-state index contributed by atoms with van der Waals surface area (Å²) in [6.07, 6.45) is 0. The lowest BCUT2D eigenvalue weighted by Crippen LogP contribution is -2.20. The van der Waals surface area contributed by atoms with Crippen molar-refractivity contribution in [1.82, 2.24) is 19.2 Å². The maximum atomic E-state index is 12.6. The van der Waals surface area contributed by atoms with Gasteiger partial charge in [-0.05, 0) is 31.2 Å². The smallest absolute Gasteiger partial charge is 0.262 e. The summed E-state index contributed by atoms with van der Waals surface area (Å²) in [5.41, 5.74) is 1.62. The van der Waals surface area contributed by atoms with Gasteiger partial charge in [0.05, 0.1) is 15.9 Å². The number of aryl methyl sites for hydroxylation is 2. The summed E-state index contributed by atoms with van der Waals surface area (Å²) < 4.78 is 9.08. The highest BCUT2D eigenvalue weighted by atomic mass is 35.5. The van der Waals surface area contributed by atoms with E-state index in [9.17, 15) is 4.79 Å². The molecule has 2 aromatic carbocycles. The van der Waals surface area contributed by atoms with E-state index in [1.807, 2.05) is 29.5 Å². The standard InChI is InChI=1S/C18H14Cl2N4O2/c1-10-3-6-14-12(7-10)17(25)23(2)18-22-21-16(24(14)18)9-26-15-8-11(19)4-5-13(15)20/h3-8H,9H2,1-2H3. The lowest BCUT2D eigenvalue weighted by atomic mass is 10.1. The Balaban J connectivity index is 1.85. The van der Waals surface area contributed by atoms with E-state index in [0.717, 1.165) is 11.1 Å². The van der Waals surface area contributed by atoms with E-state index in [4.69, 9.17) is 27.9 Å². The van der Waals surface area contributed by atoms with Gasteiger partial charge in [0.2, 0.25) is 5.78 Å². The minimum absolute atomic E-state index is 0.117. The number of ether oxygens (including phenoxy) is 1. The van der Waals surface area contributed by atoms with Gasteiger partial charge in [-0.15, -0.1) is 10.2 Å². The molecule has 0 N–H and O–H groups in total. The molecule has 132 valence electrons. The Labute approximate surface area is 158 Å². The molecule has 26 heavy (non-hydrogen) atoms. The molecule has 4 rings (SSSR count). The van der Waals surface area contributed by atoms with Gasteiger partial charge in [-0.1, -0.05) is 34.8 Å². The Morgan fingerprint density at radius 3 is 2.73 bits per heavy atom. The van der Waals surface area contributed by atoms with Crippen molar-refractivity contribution in [2.45, 2.75) is 13.5 Å². The molecule has 0 fully saturated rings. The van der Waals surface area contributed by atoms with Gasteiger partial charge < -0.3 is 4.74 Å². The fraction of sp³-hybridized carbons (Fsp3) is 0.167. The Kier molecular flexibility index (Phi) is 4.09. The molecule has 0 bridgehead atoms. The van der Waals surface area contributed by atoms with Crippen LogP contribution in [0.5, 0.6) is 5.75 Å². The van der Waals surface area contributed by atoms with Crippen LogP contribution in [0.3, 0.4) is 0 Å². The van der Waals surface area contributed by atoms with Crippen molar-refractivity contribution in [1.29, 1.82) is 0 Å². The molecule has 0 aliphatic heterocycles. The predicted octanol–water partition coefficient (Wildman–Crippen LogP) is 3.78. The predicted molar refractivity (Wildman–Crippen MR) is 101 cm³/mol. The number of aromatic nitrogens is 4. The first kappa shape index (κ1) is 16.9. The summed E-state index contributed by atoms with van der Waals surface area (Å²) >= 11 is 12.1. The Morgan fingerprint density at radius 1 is 1.12 bits per heavy atom. The molecule has 0 saturated heterocycles. The summed E-state index contributed by atoms with van der Waals surface area (Å²) in [7, 11) is 1.67. The number of benzene rings is 2. The van der Waals surface area contributed by atoms with Crippen LogP contribution in [0.4, 0.5) is 0 Å². The van der Waals surface area contributed by atoms with Crippen LogP contribution in [0.2, 0.25) is 10.0 Å². The molecule has 0 saturated carbocycles. The highest BCUT2D eigenvalue weighted by Crippen LogP contribution is 2.28. The van der Waals surface area contributed by atoms with Crippen molar-refractivity contribution in [3.05, 3.63) is 68.2 Å². The number of halogens is 2. The van der Waals surface area contributed by atoms with Gasteiger partial charge in [-0.25, -0.2) is 0 Å². The average Bonchev–Trinajstić information content (AvgIpc) is 3.04. The van der Waals surface area contributed by atoms with Crippen molar-refractivity contribution in [3.63, 3.8) is 0 Å². The Morgan fingerprint density at radius 2 is 1.92 bits per heavy atom. The number of fused-ring (bicyclic) bond motifs is 3. The van der Waals surface area contributed by atoms with E-state index in [1.54, 1.807) is 25.2 Å². The molecule has 0 amide bonds. The van der Waals surface area contributed by atoms with Gasteiger partial charge in [0.15, 0.2) is 5.82 Å². The lowest BCUT2D eigenvalue weighted by Gasteiger charge is -2.10. The van der Waals surface area contributed by atoms with E-state index >= 15 is 0 Å². The van der Waals surface area contributed by atoms with Crippen LogP contribution in [0.25, 0.3) is 16.7 Å². The van der Waals surface area contributed by atoms with E-state index < -0.39 is 0 Å². The largest absolute Gasteiger partial charge is 0.484 e. The normalized spacial score (nSPS) is 11.4. The highest BCUT2D eigenvalue weighted by molar-refractivity contribution is 6.34. The van der Waals surface area contributed by atoms with E-state index in [2.05, 4.69) is 10.2 Å². The molecular weight excluding hydrogens is 375 g/mol. The van der Waals surface area contributed by atoms with E-state index in [0.29, 0.717) is 32.8 Å². The molecular formula is C18H14Cl2N4O2. The first-order valence-corrected chi connectivity index (χ1v) is 8.62. The number of rotatable bonds is 3. The average molecular weight is 389 g/mol. The zero-order valence-corrected chi connectivity index (χ0v) is 15.5. The Hall–Kier alpha value is -2.57. The third kappa shape index (κ3) is 2.71. The molecule has 0 aliphatic rings. The lowest BCUT2D eigenvalue weighted by molar-refractivity contribution is 0.295. The molecule has 4 aromatic rings. The maximum absolute atomic E-state index is 12.6.